The first-order chi connectivity index (χ1) is 7.51. The summed E-state index contributed by atoms with van der Waals surface area (Å²) in [4.78, 5) is 9.37. The monoisotopic (exact) mass is 286 g/mol. The number of carbonyl (C=O) groups is 1. The highest BCUT2D eigenvalue weighted by Crippen LogP contribution is 2.15. The van der Waals surface area contributed by atoms with Crippen LogP contribution in [-0.2, 0) is 10.1 Å². The molecule has 0 radical (unpaired) electrons. The topological polar surface area (TPSA) is 37.3 Å². The molecule has 16 heavy (non-hydrogen) atoms. The molecule has 0 aliphatic carbocycles. The van der Waals surface area contributed by atoms with Crippen molar-refractivity contribution in [3.63, 3.8) is 0 Å². The molecule has 0 aromatic heterocycles. The van der Waals surface area contributed by atoms with Gasteiger partial charge in [0, 0.05) is 11.8 Å². The van der Waals surface area contributed by atoms with E-state index in [-0.39, 0.29) is 6.42 Å². The van der Waals surface area contributed by atoms with Crippen LogP contribution in [0.25, 0.3) is 0 Å². The smallest absolute Gasteiger partial charge is 0.303 e. The fourth-order valence-electron chi connectivity index (χ4n) is 0.992. The fourth-order valence-corrected chi connectivity index (χ4v) is 1.37. The number of halogens is 1. The zero-order valence-corrected chi connectivity index (χ0v) is 11.6. The van der Waals surface area contributed by atoms with Gasteiger partial charge in [-0.05, 0) is 17.0 Å². The maximum Gasteiger partial charge on any atom is 0.303 e. The van der Waals surface area contributed by atoms with Gasteiger partial charge < -0.3 is 5.11 Å². The van der Waals surface area contributed by atoms with E-state index >= 15 is 0 Å². The highest BCUT2D eigenvalue weighted by Gasteiger charge is 1.96. The van der Waals surface area contributed by atoms with Crippen LogP contribution in [0.15, 0.2) is 24.3 Å². The maximum absolute atomic E-state index is 9.37. The van der Waals surface area contributed by atoms with Gasteiger partial charge >= 0.3 is 5.97 Å². The van der Waals surface area contributed by atoms with E-state index in [4.69, 9.17) is 5.11 Å². The lowest BCUT2D eigenvalue weighted by Gasteiger charge is -2.04. The molecule has 90 valence electrons. The van der Waals surface area contributed by atoms with E-state index in [1.165, 1.54) is 11.1 Å². The van der Waals surface area contributed by atoms with Crippen molar-refractivity contribution in [2.45, 2.75) is 38.4 Å². The summed E-state index contributed by atoms with van der Waals surface area (Å²) < 4.78 is 0. The van der Waals surface area contributed by atoms with Crippen LogP contribution in [0.3, 0.4) is 0 Å². The molecule has 0 saturated heterocycles. The third-order valence-corrected chi connectivity index (χ3v) is 2.75. The normalized spacial score (nSPS) is 9.56. The minimum Gasteiger partial charge on any atom is -0.481 e. The number of hydrogen-bond donors (Lipinski definition) is 1. The summed E-state index contributed by atoms with van der Waals surface area (Å²) in [5, 5.41) is 8.67. The van der Waals surface area contributed by atoms with E-state index in [1.54, 1.807) is 6.92 Å². The Morgan fingerprint density at radius 1 is 1.31 bits per heavy atom. The van der Waals surface area contributed by atoms with Crippen molar-refractivity contribution in [3.8, 4) is 0 Å². The van der Waals surface area contributed by atoms with Gasteiger partial charge in [-0.3, -0.25) is 4.79 Å². The van der Waals surface area contributed by atoms with Crippen LogP contribution >= 0.6 is 15.9 Å². The number of carboxylic acid groups (broad SMARTS) is 1. The van der Waals surface area contributed by atoms with Crippen molar-refractivity contribution in [1.29, 1.82) is 0 Å². The Kier molecular flexibility index (Phi) is 7.90. The second-order valence-electron chi connectivity index (χ2n) is 3.78. The van der Waals surface area contributed by atoms with Crippen LogP contribution in [0.1, 0.15) is 44.2 Å². The average Bonchev–Trinajstić information content (AvgIpc) is 2.29. The molecular formula is C13H19BrO2. The highest BCUT2D eigenvalue weighted by molar-refractivity contribution is 9.08. The van der Waals surface area contributed by atoms with E-state index in [1.807, 2.05) is 0 Å². The summed E-state index contributed by atoms with van der Waals surface area (Å²) in [5.41, 5.74) is 2.75. The molecule has 0 spiro atoms. The van der Waals surface area contributed by atoms with Gasteiger partial charge in [0.2, 0.25) is 0 Å². The first kappa shape index (κ1) is 15.2. The molecule has 0 heterocycles. The largest absolute Gasteiger partial charge is 0.481 e. The number of aliphatic carboxylic acids is 1. The van der Waals surface area contributed by atoms with Crippen molar-refractivity contribution in [3.05, 3.63) is 35.4 Å². The van der Waals surface area contributed by atoms with Gasteiger partial charge in [0.15, 0.2) is 0 Å². The van der Waals surface area contributed by atoms with Crippen molar-refractivity contribution < 1.29 is 9.90 Å². The Bertz CT molecular complexity index is 304. The van der Waals surface area contributed by atoms with Crippen LogP contribution in [0.4, 0.5) is 0 Å². The summed E-state index contributed by atoms with van der Waals surface area (Å²) in [7, 11) is 0. The van der Waals surface area contributed by atoms with E-state index in [0.29, 0.717) is 5.92 Å². The predicted octanol–water partition coefficient (Wildman–Crippen LogP) is 4.19. The zero-order valence-electron chi connectivity index (χ0n) is 10.0. The third kappa shape index (κ3) is 6.62. The summed E-state index contributed by atoms with van der Waals surface area (Å²) in [6.07, 6.45) is 0.222. The third-order valence-electron chi connectivity index (χ3n) is 2.10. The lowest BCUT2D eigenvalue weighted by atomic mass is 10.0. The zero-order chi connectivity index (χ0) is 12.6. The molecule has 1 N–H and O–H groups in total. The van der Waals surface area contributed by atoms with Gasteiger partial charge in [0.25, 0.3) is 0 Å². The lowest BCUT2D eigenvalue weighted by Crippen LogP contribution is -1.86. The molecular weight excluding hydrogens is 268 g/mol. The molecule has 0 aliphatic heterocycles. The Balaban J connectivity index is 0.000000385. The Morgan fingerprint density at radius 3 is 2.00 bits per heavy atom. The summed E-state index contributed by atoms with van der Waals surface area (Å²) >= 11 is 3.42. The Morgan fingerprint density at radius 2 is 1.75 bits per heavy atom. The summed E-state index contributed by atoms with van der Waals surface area (Å²) in [6, 6.07) is 8.73. The fraction of sp³-hybridized carbons (Fsp3) is 0.462. The minimum atomic E-state index is -0.745. The molecule has 0 fully saturated rings. The molecule has 1 aromatic carbocycles. The van der Waals surface area contributed by atoms with Crippen LogP contribution in [0.2, 0.25) is 0 Å². The van der Waals surface area contributed by atoms with Crippen molar-refractivity contribution in [2.75, 3.05) is 0 Å². The van der Waals surface area contributed by atoms with Gasteiger partial charge in [0.05, 0.1) is 0 Å². The highest BCUT2D eigenvalue weighted by atomic mass is 79.9. The maximum atomic E-state index is 9.37. The van der Waals surface area contributed by atoms with Gasteiger partial charge in [-0.2, -0.15) is 0 Å². The van der Waals surface area contributed by atoms with E-state index in [9.17, 15) is 4.79 Å². The molecule has 0 atom stereocenters. The second kappa shape index (κ2) is 8.34. The predicted molar refractivity (Wildman–Crippen MR) is 71.1 cm³/mol. The van der Waals surface area contributed by atoms with Crippen LogP contribution in [0, 0.1) is 0 Å². The van der Waals surface area contributed by atoms with Crippen LogP contribution in [0.5, 0.6) is 0 Å². The molecule has 1 rings (SSSR count). The van der Waals surface area contributed by atoms with Gasteiger partial charge in [0.1, 0.15) is 0 Å². The molecule has 3 heteroatoms. The quantitative estimate of drug-likeness (QED) is 0.846. The molecule has 0 saturated carbocycles. The lowest BCUT2D eigenvalue weighted by molar-refractivity contribution is -0.136. The first-order valence-electron chi connectivity index (χ1n) is 5.37. The number of carboxylic acids is 1. The Labute approximate surface area is 106 Å². The number of hydrogen-bond acceptors (Lipinski definition) is 1. The summed E-state index contributed by atoms with van der Waals surface area (Å²) in [5.74, 6) is -0.107. The van der Waals surface area contributed by atoms with Crippen LogP contribution in [-0.4, -0.2) is 11.1 Å². The number of benzene rings is 1. The van der Waals surface area contributed by atoms with Crippen LogP contribution < -0.4 is 0 Å². The molecule has 0 unspecified atom stereocenters. The first-order valence-corrected chi connectivity index (χ1v) is 6.50. The SMILES string of the molecule is CC(C)c1ccc(CBr)cc1.CCC(=O)O. The number of alkyl halides is 1. The second-order valence-corrected chi connectivity index (χ2v) is 4.34. The molecule has 0 amide bonds. The van der Waals surface area contributed by atoms with Crippen molar-refractivity contribution in [2.24, 2.45) is 0 Å². The minimum absolute atomic E-state index is 0.222. The van der Waals surface area contributed by atoms with E-state index in [2.05, 4.69) is 54.0 Å². The molecule has 1 aromatic rings. The van der Waals surface area contributed by atoms with Gasteiger partial charge in [-0.1, -0.05) is 61.0 Å². The van der Waals surface area contributed by atoms with Gasteiger partial charge in [-0.25, -0.2) is 0 Å². The van der Waals surface area contributed by atoms with Gasteiger partial charge in [-0.15, -0.1) is 0 Å². The molecule has 2 nitrogen and oxygen atoms in total. The average molecular weight is 287 g/mol. The Hall–Kier alpha value is -0.830. The standard InChI is InChI=1S/C10H13Br.C3H6O2/c1-8(2)10-5-3-9(7-11)4-6-10;1-2-3(4)5/h3-6,8H,7H2,1-2H3;2H2,1H3,(H,4,5). The molecule has 0 bridgehead atoms. The summed E-state index contributed by atoms with van der Waals surface area (Å²) in [6.45, 7) is 6.02. The van der Waals surface area contributed by atoms with E-state index in [0.717, 1.165) is 5.33 Å². The van der Waals surface area contributed by atoms with E-state index < -0.39 is 5.97 Å². The van der Waals surface area contributed by atoms with Crippen molar-refractivity contribution in [1.82, 2.24) is 0 Å². The molecule has 0 aliphatic rings. The number of rotatable bonds is 3. The van der Waals surface area contributed by atoms with Crippen molar-refractivity contribution >= 4 is 21.9 Å².